The number of nitro groups is 1. The molecule has 1 saturated heterocycles. The maximum atomic E-state index is 14.2. The molecule has 0 saturated carbocycles. The predicted molar refractivity (Wildman–Crippen MR) is 159 cm³/mol. The second kappa shape index (κ2) is 11.7. The van der Waals surface area contributed by atoms with Crippen molar-refractivity contribution in [2.75, 3.05) is 38.2 Å². The lowest BCUT2D eigenvalue weighted by atomic mass is 9.94. The summed E-state index contributed by atoms with van der Waals surface area (Å²) in [6, 6.07) is 11.4. The molecule has 214 valence electrons. The summed E-state index contributed by atoms with van der Waals surface area (Å²) in [6.45, 7) is 8.36. The van der Waals surface area contributed by atoms with Gasteiger partial charge in [-0.05, 0) is 51.8 Å². The number of non-ortho nitro benzene ring substituents is 1. The second-order valence-electron chi connectivity index (χ2n) is 10.00. The van der Waals surface area contributed by atoms with Crippen LogP contribution in [0.1, 0.15) is 50.8 Å². The van der Waals surface area contributed by atoms with Gasteiger partial charge in [0.2, 0.25) is 0 Å². The van der Waals surface area contributed by atoms with Gasteiger partial charge in [-0.15, -0.1) is 0 Å². The number of anilines is 1. The zero-order chi connectivity index (χ0) is 29.3. The van der Waals surface area contributed by atoms with Gasteiger partial charge in [0.25, 0.3) is 17.2 Å². The van der Waals surface area contributed by atoms with Crippen LogP contribution in [0.2, 0.25) is 0 Å². The normalized spacial score (nSPS) is 16.9. The Bertz CT molecular complexity index is 1710. The van der Waals surface area contributed by atoms with Crippen LogP contribution >= 0.6 is 11.3 Å². The maximum absolute atomic E-state index is 14.2. The molecular formula is C30H33N5O5S. The van der Waals surface area contributed by atoms with Crippen LogP contribution in [0.3, 0.4) is 0 Å². The summed E-state index contributed by atoms with van der Waals surface area (Å²) >= 11 is 1.21. The number of methoxy groups -OCH3 is 1. The van der Waals surface area contributed by atoms with Gasteiger partial charge in [0.05, 0.1) is 27.8 Å². The molecule has 0 N–H and O–H groups in total. The highest BCUT2D eigenvalue weighted by molar-refractivity contribution is 7.07. The van der Waals surface area contributed by atoms with Gasteiger partial charge in [-0.25, -0.2) is 4.99 Å². The van der Waals surface area contributed by atoms with E-state index in [2.05, 4.69) is 4.90 Å². The summed E-state index contributed by atoms with van der Waals surface area (Å²) in [7, 11) is 1.56. The van der Waals surface area contributed by atoms with E-state index in [-0.39, 0.29) is 17.2 Å². The van der Waals surface area contributed by atoms with Crippen LogP contribution in [0.5, 0.6) is 5.75 Å². The number of allylic oxidation sites excluding steroid dienone is 1. The number of nitro benzene ring substituents is 1. The van der Waals surface area contributed by atoms with Crippen LogP contribution in [-0.2, 0) is 4.79 Å². The number of thiazole rings is 1. The fraction of sp³-hybridized carbons (Fsp3) is 0.367. The van der Waals surface area contributed by atoms with E-state index in [0.29, 0.717) is 50.6 Å². The highest BCUT2D eigenvalue weighted by Crippen LogP contribution is 2.36. The molecule has 0 radical (unpaired) electrons. The lowest BCUT2D eigenvalue weighted by Crippen LogP contribution is -2.43. The third-order valence-corrected chi connectivity index (χ3v) is 8.67. The van der Waals surface area contributed by atoms with Crippen LogP contribution in [-0.4, -0.2) is 53.6 Å². The number of likely N-dealkylation sites (N-methyl/N-ethyl adjacent to an activating group) is 1. The Morgan fingerprint density at radius 2 is 1.90 bits per heavy atom. The summed E-state index contributed by atoms with van der Waals surface area (Å²) in [5.74, 6) is 0.373. The van der Waals surface area contributed by atoms with Gasteiger partial charge >= 0.3 is 0 Å². The van der Waals surface area contributed by atoms with Crippen molar-refractivity contribution in [2.45, 2.75) is 39.7 Å². The van der Waals surface area contributed by atoms with E-state index < -0.39 is 11.0 Å². The minimum absolute atomic E-state index is 0.0400. The lowest BCUT2D eigenvalue weighted by Gasteiger charge is -2.29. The molecule has 1 fully saturated rings. The number of nitrogens with zero attached hydrogens (tertiary/aromatic N) is 5. The van der Waals surface area contributed by atoms with E-state index in [1.165, 1.54) is 23.5 Å². The molecule has 11 heteroatoms. The average Bonchev–Trinajstić information content (AvgIpc) is 3.61. The number of rotatable bonds is 8. The van der Waals surface area contributed by atoms with Crippen molar-refractivity contribution in [1.29, 1.82) is 0 Å². The maximum Gasteiger partial charge on any atom is 0.271 e. The Balaban J connectivity index is 1.75. The van der Waals surface area contributed by atoms with Crippen molar-refractivity contribution < 1.29 is 14.5 Å². The summed E-state index contributed by atoms with van der Waals surface area (Å²) in [6.07, 6.45) is 3.80. The van der Waals surface area contributed by atoms with Gasteiger partial charge in [0.15, 0.2) is 4.80 Å². The summed E-state index contributed by atoms with van der Waals surface area (Å²) in [5.41, 5.74) is 2.75. The Morgan fingerprint density at radius 3 is 2.56 bits per heavy atom. The topological polar surface area (TPSA) is 110 Å². The van der Waals surface area contributed by atoms with Gasteiger partial charge in [0.1, 0.15) is 11.8 Å². The quantitative estimate of drug-likeness (QED) is 0.300. The molecule has 3 aromatic rings. The van der Waals surface area contributed by atoms with Crippen LogP contribution in [0, 0.1) is 10.1 Å². The Morgan fingerprint density at radius 1 is 1.20 bits per heavy atom. The van der Waals surface area contributed by atoms with Crippen LogP contribution in [0.4, 0.5) is 11.4 Å². The number of benzene rings is 2. The second-order valence-corrected chi connectivity index (χ2v) is 11.0. The molecule has 0 spiro atoms. The highest BCUT2D eigenvalue weighted by Gasteiger charge is 2.35. The molecule has 10 nitrogen and oxygen atoms in total. The zero-order valence-corrected chi connectivity index (χ0v) is 24.4. The number of aromatic nitrogens is 1. The van der Waals surface area contributed by atoms with Crippen molar-refractivity contribution in [3.05, 3.63) is 94.7 Å². The zero-order valence-electron chi connectivity index (χ0n) is 23.6. The molecule has 1 amide bonds. The fourth-order valence-corrected chi connectivity index (χ4v) is 6.66. The van der Waals surface area contributed by atoms with Crippen molar-refractivity contribution in [3.63, 3.8) is 0 Å². The molecular weight excluding hydrogens is 542 g/mol. The standard InChI is InChI=1S/C30H33N5O5S/c1-5-32(6-2)29(37)26-19(3)31-30-34(27(26)22-11-7-8-12-24(22)40-4)28(36)25(41-30)18-20-17-21(35(38)39)13-14-23(20)33-15-9-10-16-33/h7-8,11-14,17-18,27H,5-6,9-10,15-16H2,1-4H3/b25-18-/t27-/m0/s1. The predicted octanol–water partition coefficient (Wildman–Crippen LogP) is 3.62. The van der Waals surface area contributed by atoms with Crippen molar-refractivity contribution >= 4 is 34.7 Å². The van der Waals surface area contributed by atoms with Gasteiger partial charge < -0.3 is 14.5 Å². The average molecular weight is 576 g/mol. The summed E-state index contributed by atoms with van der Waals surface area (Å²) in [5, 5.41) is 11.6. The number of fused-ring (bicyclic) bond motifs is 1. The minimum atomic E-state index is -0.749. The molecule has 2 aromatic carbocycles. The molecule has 41 heavy (non-hydrogen) atoms. The van der Waals surface area contributed by atoms with E-state index in [0.717, 1.165) is 31.6 Å². The first-order valence-electron chi connectivity index (χ1n) is 13.8. The monoisotopic (exact) mass is 575 g/mol. The Kier molecular flexibility index (Phi) is 8.07. The van der Waals surface area contributed by atoms with E-state index in [1.54, 1.807) is 35.6 Å². The largest absolute Gasteiger partial charge is 0.496 e. The Hall–Kier alpha value is -4.25. The molecule has 2 aliphatic heterocycles. The number of ether oxygens (including phenoxy) is 1. The number of hydrogen-bond donors (Lipinski definition) is 0. The molecule has 0 aliphatic carbocycles. The summed E-state index contributed by atoms with van der Waals surface area (Å²) in [4.78, 5) is 48.3. The molecule has 1 atom stereocenters. The van der Waals surface area contributed by atoms with Crippen molar-refractivity contribution in [2.24, 2.45) is 4.99 Å². The van der Waals surface area contributed by atoms with E-state index in [9.17, 15) is 19.7 Å². The highest BCUT2D eigenvalue weighted by atomic mass is 32.1. The smallest absolute Gasteiger partial charge is 0.271 e. The minimum Gasteiger partial charge on any atom is -0.496 e. The molecule has 0 unspecified atom stereocenters. The molecule has 1 aromatic heterocycles. The van der Waals surface area contributed by atoms with Crippen molar-refractivity contribution in [3.8, 4) is 5.75 Å². The number of carbonyl (C=O) groups excluding carboxylic acids is 1. The number of para-hydroxylation sites is 1. The van der Waals surface area contributed by atoms with E-state index in [4.69, 9.17) is 9.73 Å². The molecule has 0 bridgehead atoms. The number of carbonyl (C=O) groups is 1. The van der Waals surface area contributed by atoms with Crippen LogP contribution in [0.15, 0.2) is 63.5 Å². The third kappa shape index (κ3) is 5.17. The first-order valence-corrected chi connectivity index (χ1v) is 14.6. The van der Waals surface area contributed by atoms with Crippen LogP contribution < -0.4 is 24.5 Å². The summed E-state index contributed by atoms with van der Waals surface area (Å²) < 4.78 is 7.62. The molecule has 3 heterocycles. The van der Waals surface area contributed by atoms with Gasteiger partial charge in [-0.1, -0.05) is 29.5 Å². The lowest BCUT2D eigenvalue weighted by molar-refractivity contribution is -0.384. The van der Waals surface area contributed by atoms with Gasteiger partial charge in [0, 0.05) is 55.1 Å². The van der Waals surface area contributed by atoms with E-state index in [1.807, 2.05) is 38.1 Å². The number of amides is 1. The first kappa shape index (κ1) is 28.3. The molecule has 5 rings (SSSR count). The number of hydrogen-bond acceptors (Lipinski definition) is 8. The van der Waals surface area contributed by atoms with Gasteiger partial charge in [-0.3, -0.25) is 24.3 Å². The Labute approximate surface area is 241 Å². The van der Waals surface area contributed by atoms with Crippen molar-refractivity contribution in [1.82, 2.24) is 9.47 Å². The SMILES string of the molecule is CCN(CC)C(=O)C1=C(C)N=c2s/c(=C\c3cc([N+](=O)[O-])ccc3N3CCCC3)c(=O)n2[C@H]1c1ccccc1OC. The fourth-order valence-electron chi connectivity index (χ4n) is 5.62. The van der Waals surface area contributed by atoms with Gasteiger partial charge in [-0.2, -0.15) is 0 Å². The van der Waals surface area contributed by atoms with Crippen LogP contribution in [0.25, 0.3) is 6.08 Å². The first-order chi connectivity index (χ1) is 19.8. The molecule has 2 aliphatic rings. The van der Waals surface area contributed by atoms with E-state index >= 15 is 0 Å². The third-order valence-electron chi connectivity index (χ3n) is 7.69.